The summed E-state index contributed by atoms with van der Waals surface area (Å²) < 4.78 is 40.9. The number of carbonyl (C=O) groups is 1. The van der Waals surface area contributed by atoms with Crippen LogP contribution in [0, 0.1) is 18.2 Å². The molecule has 3 aliphatic rings. The largest absolute Gasteiger partial charge is 0.480 e. The molecule has 1 aliphatic carbocycles. The molecule has 0 bridgehead atoms. The average Bonchev–Trinajstić information content (AvgIpc) is 3.68. The molecule has 1 amide bonds. The highest BCUT2D eigenvalue weighted by atomic mass is 19.1. The zero-order valence-corrected chi connectivity index (χ0v) is 29.6. The molecule has 0 radical (unpaired) electrons. The van der Waals surface area contributed by atoms with Crippen molar-refractivity contribution in [2.45, 2.75) is 84.0 Å². The number of fused-ring (bicyclic) bond motifs is 3. The number of nitrogens with one attached hydrogen (secondary N) is 1. The molecule has 268 valence electrons. The lowest BCUT2D eigenvalue weighted by molar-refractivity contribution is -0.0282. The van der Waals surface area contributed by atoms with Gasteiger partial charge >= 0.3 is 12.1 Å². The summed E-state index contributed by atoms with van der Waals surface area (Å²) in [6.45, 7) is 11.0. The number of aromatic amines is 1. The summed E-state index contributed by atoms with van der Waals surface area (Å²) in [5, 5.41) is 19.2. The van der Waals surface area contributed by atoms with Gasteiger partial charge in [0.15, 0.2) is 5.82 Å². The number of aryl methyl sites for hydroxylation is 1. The number of aliphatic hydroxyl groups is 1. The van der Waals surface area contributed by atoms with E-state index in [2.05, 4.69) is 10.2 Å². The first-order valence-electron chi connectivity index (χ1n) is 17.3. The Bertz CT molecular complexity index is 1930. The zero-order chi connectivity index (χ0) is 35.4. The number of carbonyl (C=O) groups excluding carboxylic acids is 1. The molecular weight excluding hydrogens is 645 g/mol. The first kappa shape index (κ1) is 34.2. The monoisotopic (exact) mass is 691 g/mol. The second kappa shape index (κ2) is 12.8. The Morgan fingerprint density at radius 3 is 2.76 bits per heavy atom. The first-order valence-corrected chi connectivity index (χ1v) is 17.3. The summed E-state index contributed by atoms with van der Waals surface area (Å²) in [6.07, 6.45) is 5.67. The van der Waals surface area contributed by atoms with Gasteiger partial charge in [0.05, 0.1) is 45.2 Å². The van der Waals surface area contributed by atoms with Gasteiger partial charge < -0.3 is 33.9 Å². The number of rotatable bonds is 6. The van der Waals surface area contributed by atoms with E-state index >= 15 is 4.39 Å². The maximum absolute atomic E-state index is 17.1. The van der Waals surface area contributed by atoms with E-state index in [0.29, 0.717) is 36.5 Å². The third kappa shape index (κ3) is 6.27. The fraction of sp³-hybridized carbons (Fsp3) is 0.583. The van der Waals surface area contributed by atoms with Crippen molar-refractivity contribution >= 4 is 33.7 Å². The van der Waals surface area contributed by atoms with Gasteiger partial charge in [-0.15, -0.1) is 0 Å². The number of amides is 1. The van der Waals surface area contributed by atoms with Crippen molar-refractivity contribution in [1.82, 2.24) is 30.0 Å². The number of β-amino-alcohol motifs (C(OH)–C–C–N with tert-alkyl or cyclic N) is 1. The number of ether oxygens (including phenoxy) is 4. The van der Waals surface area contributed by atoms with Crippen LogP contribution in [0.1, 0.15) is 65.4 Å². The Morgan fingerprint density at radius 1 is 1.18 bits per heavy atom. The Balaban J connectivity index is 1.33. The minimum absolute atomic E-state index is 0.0110. The predicted octanol–water partition coefficient (Wildman–Crippen LogP) is 5.56. The van der Waals surface area contributed by atoms with Gasteiger partial charge in [-0.1, -0.05) is 12.5 Å². The van der Waals surface area contributed by atoms with Crippen molar-refractivity contribution in [2.75, 3.05) is 51.5 Å². The van der Waals surface area contributed by atoms with Crippen molar-refractivity contribution in [3.63, 3.8) is 0 Å². The number of hydrogen-bond donors (Lipinski definition) is 2. The van der Waals surface area contributed by atoms with Crippen LogP contribution in [-0.2, 0) is 9.47 Å². The number of benzene rings is 1. The van der Waals surface area contributed by atoms with Crippen molar-refractivity contribution in [3.05, 3.63) is 29.7 Å². The van der Waals surface area contributed by atoms with Crippen LogP contribution in [0.15, 0.2) is 18.3 Å². The molecule has 3 atom stereocenters. The number of methoxy groups -OCH3 is 1. The quantitative estimate of drug-likeness (QED) is 0.262. The van der Waals surface area contributed by atoms with Gasteiger partial charge in [0.1, 0.15) is 33.6 Å². The molecule has 2 aliphatic heterocycles. The average molecular weight is 692 g/mol. The fourth-order valence-corrected chi connectivity index (χ4v) is 7.98. The molecular formula is C36H46FN7O6. The van der Waals surface area contributed by atoms with E-state index in [1.807, 2.05) is 49.6 Å². The number of aromatic nitrogens is 5. The molecule has 2 N–H and O–H groups in total. The van der Waals surface area contributed by atoms with Crippen LogP contribution in [-0.4, -0.2) is 105 Å². The topological polar surface area (TPSA) is 148 Å². The molecule has 1 aromatic carbocycles. The number of H-pyrrole nitrogens is 1. The predicted molar refractivity (Wildman–Crippen MR) is 185 cm³/mol. The Kier molecular flexibility index (Phi) is 8.74. The van der Waals surface area contributed by atoms with Crippen LogP contribution in [0.4, 0.5) is 15.0 Å². The number of pyridine rings is 1. The minimum atomic E-state index is -1.20. The number of anilines is 1. The van der Waals surface area contributed by atoms with Gasteiger partial charge in [0.2, 0.25) is 5.88 Å². The van der Waals surface area contributed by atoms with Crippen LogP contribution < -0.4 is 14.4 Å². The standard InChI is InChI=1S/C36H46FN7O6/c1-21-10-11-23-22(17-38-42-23)25(21)28-27(37)29-26(31(39-28)47-6)30(43-15-16-48-19-35(5,46)18-43)41-32(40-29)49-20-36-12-7-9-24(36)44(14-8-13-36)33(45)50-34(2,3)4/h10-11,17,24,46H,7-9,12-16,18-20H2,1-6H3,(H,38,42)/t24-,35+,36-/m1/s1. The Labute approximate surface area is 290 Å². The zero-order valence-electron chi connectivity index (χ0n) is 29.6. The Morgan fingerprint density at radius 2 is 1.98 bits per heavy atom. The van der Waals surface area contributed by atoms with Crippen LogP contribution in [0.25, 0.3) is 33.1 Å². The summed E-state index contributed by atoms with van der Waals surface area (Å²) in [6, 6.07) is 3.70. The molecule has 0 unspecified atom stereocenters. The lowest BCUT2D eigenvalue weighted by Gasteiger charge is -2.46. The van der Waals surface area contributed by atoms with Gasteiger partial charge in [-0.05, 0) is 71.9 Å². The normalized spacial score (nSPS) is 24.4. The maximum Gasteiger partial charge on any atom is 0.410 e. The highest BCUT2D eigenvalue weighted by Crippen LogP contribution is 2.49. The molecule has 3 fully saturated rings. The molecule has 50 heavy (non-hydrogen) atoms. The molecule has 3 aromatic heterocycles. The van der Waals surface area contributed by atoms with Gasteiger partial charge in [0.25, 0.3) is 0 Å². The highest BCUT2D eigenvalue weighted by molar-refractivity contribution is 6.01. The minimum Gasteiger partial charge on any atom is -0.480 e. The van der Waals surface area contributed by atoms with E-state index in [1.165, 1.54) is 7.11 Å². The van der Waals surface area contributed by atoms with Crippen LogP contribution in [0.2, 0.25) is 0 Å². The lowest BCUT2D eigenvalue weighted by Crippen LogP contribution is -2.55. The van der Waals surface area contributed by atoms with Crippen molar-refractivity contribution in [1.29, 1.82) is 0 Å². The summed E-state index contributed by atoms with van der Waals surface area (Å²) in [5.41, 5.74) is 0.0173. The molecule has 0 spiro atoms. The van der Waals surface area contributed by atoms with Crippen molar-refractivity contribution in [2.24, 2.45) is 5.41 Å². The Hall–Kier alpha value is -4.30. The van der Waals surface area contributed by atoms with E-state index in [9.17, 15) is 9.90 Å². The molecule has 1 saturated carbocycles. The van der Waals surface area contributed by atoms with Crippen LogP contribution in [0.5, 0.6) is 11.9 Å². The molecule has 4 aromatic rings. The molecule has 7 rings (SSSR count). The number of nitrogens with zero attached hydrogens (tertiary/aromatic N) is 6. The van der Waals surface area contributed by atoms with Crippen molar-refractivity contribution in [3.8, 4) is 23.1 Å². The SMILES string of the molecule is COc1nc(-c2c(C)ccc3[nH]ncc23)c(F)c2nc(OC[C@]34CCC[C@H]3N(C(=O)OC(C)(C)C)CCC4)nc(N3CCOC[C@@](C)(O)C3)c12. The smallest absolute Gasteiger partial charge is 0.410 e. The fourth-order valence-electron chi connectivity index (χ4n) is 7.98. The lowest BCUT2D eigenvalue weighted by atomic mass is 9.75. The summed E-state index contributed by atoms with van der Waals surface area (Å²) in [7, 11) is 1.48. The van der Waals surface area contributed by atoms with Gasteiger partial charge in [0, 0.05) is 35.5 Å². The highest BCUT2D eigenvalue weighted by Gasteiger charge is 2.51. The maximum atomic E-state index is 17.1. The van der Waals surface area contributed by atoms with Crippen molar-refractivity contribution < 1.29 is 33.2 Å². The number of likely N-dealkylation sites (tertiary alicyclic amines) is 1. The van der Waals surface area contributed by atoms with Gasteiger partial charge in [-0.3, -0.25) is 5.10 Å². The number of piperidine rings is 1. The van der Waals surface area contributed by atoms with E-state index in [4.69, 9.17) is 33.9 Å². The van der Waals surface area contributed by atoms with Crippen LogP contribution >= 0.6 is 0 Å². The first-order chi connectivity index (χ1) is 23.8. The molecule has 13 nitrogen and oxygen atoms in total. The van der Waals surface area contributed by atoms with E-state index in [1.54, 1.807) is 13.1 Å². The summed E-state index contributed by atoms with van der Waals surface area (Å²) in [5.74, 6) is -0.199. The summed E-state index contributed by atoms with van der Waals surface area (Å²) in [4.78, 5) is 31.3. The van der Waals surface area contributed by atoms with E-state index in [-0.39, 0.29) is 65.8 Å². The number of hydrogen-bond acceptors (Lipinski definition) is 11. The third-order valence-electron chi connectivity index (χ3n) is 10.2. The molecule has 14 heteroatoms. The summed E-state index contributed by atoms with van der Waals surface area (Å²) >= 11 is 0. The van der Waals surface area contributed by atoms with Gasteiger partial charge in [-0.25, -0.2) is 14.2 Å². The van der Waals surface area contributed by atoms with E-state index < -0.39 is 17.0 Å². The van der Waals surface area contributed by atoms with Gasteiger partial charge in [-0.2, -0.15) is 15.1 Å². The van der Waals surface area contributed by atoms with E-state index in [0.717, 1.165) is 43.2 Å². The number of halogens is 1. The molecule has 2 saturated heterocycles. The third-order valence-corrected chi connectivity index (χ3v) is 10.2. The second-order valence-electron chi connectivity index (χ2n) is 15.2. The second-order valence-corrected chi connectivity index (χ2v) is 15.2. The van der Waals surface area contributed by atoms with Crippen LogP contribution in [0.3, 0.4) is 0 Å². The molecule has 5 heterocycles.